The molecule has 4 rings (SSSR count). The summed E-state index contributed by atoms with van der Waals surface area (Å²) in [6.45, 7) is 4.91. The van der Waals surface area contributed by atoms with Crippen molar-refractivity contribution in [3.63, 3.8) is 0 Å². The van der Waals surface area contributed by atoms with E-state index in [1.807, 2.05) is 0 Å². The number of nitrogens with zero attached hydrogens (tertiary/aromatic N) is 1. The molecule has 0 fully saturated rings. The molecule has 292 valence electrons. The molecule has 1 aliphatic heterocycles. The number of rotatable bonds is 10. The maximum atomic E-state index is 13.8. The molecule has 0 saturated heterocycles. The zero-order chi connectivity index (χ0) is 40.7. The highest BCUT2D eigenvalue weighted by Crippen LogP contribution is 2.43. The minimum absolute atomic E-state index is 0.0260. The number of aliphatic imine (C=N–C) groups is 1. The topological polar surface area (TPSA) is 236 Å². The summed E-state index contributed by atoms with van der Waals surface area (Å²) in [6, 6.07) is 13.0. The number of carbonyl (C=O) groups excluding carboxylic acids is 5. The summed E-state index contributed by atoms with van der Waals surface area (Å²) in [4.78, 5) is 79.9. The normalized spacial score (nSPS) is 13.4. The Hall–Kier alpha value is -6.46. The molecular weight excluding hydrogens is 733 g/mol. The highest BCUT2D eigenvalue weighted by molar-refractivity contribution is 6.00. The van der Waals surface area contributed by atoms with Gasteiger partial charge in [0, 0.05) is 18.0 Å². The smallest absolute Gasteiger partial charge is 0.489 e. The van der Waals surface area contributed by atoms with Crippen LogP contribution in [0.15, 0.2) is 59.6 Å². The number of aliphatic carboxylic acids is 1. The largest absolute Gasteiger partial charge is 0.491 e. The molecule has 55 heavy (non-hydrogen) atoms. The number of fused-ring (bicyclic) bond motifs is 2. The van der Waals surface area contributed by atoms with E-state index < -0.39 is 72.0 Å². The van der Waals surface area contributed by atoms with Gasteiger partial charge in [-0.3, -0.25) is 14.4 Å². The van der Waals surface area contributed by atoms with Crippen molar-refractivity contribution in [2.24, 2.45) is 16.5 Å². The lowest BCUT2D eigenvalue weighted by Gasteiger charge is -2.24. The van der Waals surface area contributed by atoms with Gasteiger partial charge >= 0.3 is 36.0 Å². The molecule has 6 N–H and O–H groups in total. The molecule has 3 aromatic rings. The van der Waals surface area contributed by atoms with E-state index in [-0.39, 0.29) is 60.0 Å². The number of alkyl halides is 3. The first kappa shape index (κ1) is 41.3. The number of amides is 1. The molecule has 3 aromatic carbocycles. The molecule has 18 heteroatoms. The van der Waals surface area contributed by atoms with Crippen LogP contribution in [0.5, 0.6) is 11.5 Å². The fourth-order valence-corrected chi connectivity index (χ4v) is 5.45. The van der Waals surface area contributed by atoms with Gasteiger partial charge in [-0.2, -0.15) is 13.2 Å². The van der Waals surface area contributed by atoms with E-state index in [0.29, 0.717) is 16.8 Å². The van der Waals surface area contributed by atoms with E-state index >= 15 is 0 Å². The lowest BCUT2D eigenvalue weighted by Crippen LogP contribution is -2.29. The van der Waals surface area contributed by atoms with Gasteiger partial charge in [-0.15, -0.1) is 0 Å². The Morgan fingerprint density at radius 3 is 2.36 bits per heavy atom. The number of aryl methyl sites for hydroxylation is 1. The van der Waals surface area contributed by atoms with Crippen molar-refractivity contribution in [2.45, 2.75) is 70.7 Å². The predicted octanol–water partition coefficient (Wildman–Crippen LogP) is 4.60. The average Bonchev–Trinajstić information content (AvgIpc) is 3.07. The van der Waals surface area contributed by atoms with Crippen LogP contribution >= 0.6 is 0 Å². The summed E-state index contributed by atoms with van der Waals surface area (Å²) in [7, 11) is 0. The van der Waals surface area contributed by atoms with Crippen molar-refractivity contribution in [2.75, 3.05) is 6.61 Å². The first-order valence-corrected chi connectivity index (χ1v) is 16.6. The number of carboxylic acids is 1. The van der Waals surface area contributed by atoms with Crippen molar-refractivity contribution in [3.05, 3.63) is 88.0 Å². The number of hydrogen-bond donors (Lipinski definition) is 4. The number of esters is 4. The second kappa shape index (κ2) is 17.1. The Morgan fingerprint density at radius 2 is 1.71 bits per heavy atom. The molecule has 0 saturated carbocycles. The van der Waals surface area contributed by atoms with Crippen LogP contribution in [-0.2, 0) is 36.8 Å². The number of ether oxygens (including phenoxy) is 4. The SMILES string of the molecule is CC(C)(C)OC(=O)c1cccc(CNC(=O)c2ccc(C(CC(=O)O)CC(=O)OC(=O)C(F)(F)F)c3c2OCCCc2cc(N=C(N)N)ccc2C(=O)O3)c1. The van der Waals surface area contributed by atoms with E-state index in [9.17, 15) is 47.0 Å². The molecule has 1 heterocycles. The van der Waals surface area contributed by atoms with E-state index in [2.05, 4.69) is 15.0 Å². The highest BCUT2D eigenvalue weighted by atomic mass is 19.4. The Balaban J connectivity index is 1.77. The van der Waals surface area contributed by atoms with Crippen LogP contribution in [0.2, 0.25) is 0 Å². The second-order valence-corrected chi connectivity index (χ2v) is 13.2. The molecule has 15 nitrogen and oxygen atoms in total. The molecule has 1 amide bonds. The Kier molecular flexibility index (Phi) is 12.9. The average molecular weight is 771 g/mol. The van der Waals surface area contributed by atoms with Crippen molar-refractivity contribution in [1.29, 1.82) is 0 Å². The van der Waals surface area contributed by atoms with Crippen LogP contribution in [0, 0.1) is 0 Å². The van der Waals surface area contributed by atoms with Gasteiger partial charge in [-0.25, -0.2) is 19.4 Å². The van der Waals surface area contributed by atoms with Gasteiger partial charge in [0.2, 0.25) is 0 Å². The van der Waals surface area contributed by atoms with Gasteiger partial charge in [0.25, 0.3) is 5.91 Å². The third-order valence-electron chi connectivity index (χ3n) is 7.71. The van der Waals surface area contributed by atoms with Crippen LogP contribution in [0.4, 0.5) is 18.9 Å². The standard InChI is InChI=1S/C37H37F3N4O11/c1-36(2,3)55-32(49)21-7-4-6-19(14-21)18-43-31(48)26-12-11-24(22(16-27(45)46)17-28(47)53-34(51)37(38,39)40)30-29(26)52-13-5-8-20-15-23(44-35(41)42)9-10-25(20)33(50)54-30/h4,6-7,9-12,14-15,22H,5,8,13,16-18H2,1-3H3,(H,43,48)(H,45,46)(H4,41,42,44). The fourth-order valence-electron chi connectivity index (χ4n) is 5.45. The number of hydrogen-bond acceptors (Lipinski definition) is 11. The summed E-state index contributed by atoms with van der Waals surface area (Å²) in [6.07, 6.45) is -7.04. The maximum absolute atomic E-state index is 13.8. The molecule has 1 unspecified atom stereocenters. The van der Waals surface area contributed by atoms with E-state index in [0.717, 1.165) is 6.07 Å². The number of halogens is 3. The van der Waals surface area contributed by atoms with E-state index in [1.165, 1.54) is 36.4 Å². The van der Waals surface area contributed by atoms with Gasteiger partial charge in [-0.1, -0.05) is 18.2 Å². The minimum atomic E-state index is -5.52. The van der Waals surface area contributed by atoms with Gasteiger partial charge in [0.1, 0.15) is 5.60 Å². The summed E-state index contributed by atoms with van der Waals surface area (Å²) in [5.41, 5.74) is 11.3. The molecule has 1 atom stereocenters. The second-order valence-electron chi connectivity index (χ2n) is 13.2. The fraction of sp³-hybridized carbons (Fsp3) is 0.324. The Labute approximate surface area is 311 Å². The summed E-state index contributed by atoms with van der Waals surface area (Å²) < 4.78 is 59.6. The summed E-state index contributed by atoms with van der Waals surface area (Å²) >= 11 is 0. The molecule has 0 aliphatic carbocycles. The first-order valence-electron chi connectivity index (χ1n) is 16.6. The molecule has 1 aliphatic rings. The third kappa shape index (κ3) is 11.5. The van der Waals surface area contributed by atoms with Gasteiger partial charge < -0.3 is 40.8 Å². The van der Waals surface area contributed by atoms with Gasteiger partial charge in [0.15, 0.2) is 17.5 Å². The molecule has 0 bridgehead atoms. The number of benzene rings is 3. The van der Waals surface area contributed by atoms with Crippen molar-refractivity contribution < 1.29 is 66.0 Å². The first-order chi connectivity index (χ1) is 25.7. The zero-order valence-corrected chi connectivity index (χ0v) is 29.8. The van der Waals surface area contributed by atoms with Gasteiger partial charge in [-0.05, 0) is 81.1 Å². The van der Waals surface area contributed by atoms with Crippen LogP contribution in [0.1, 0.15) is 93.7 Å². The minimum Gasteiger partial charge on any atom is -0.489 e. The van der Waals surface area contributed by atoms with Crippen LogP contribution in [0.25, 0.3) is 0 Å². The monoisotopic (exact) mass is 770 g/mol. The maximum Gasteiger partial charge on any atom is 0.491 e. The van der Waals surface area contributed by atoms with Crippen LogP contribution in [-0.4, -0.2) is 65.2 Å². The van der Waals surface area contributed by atoms with E-state index in [4.69, 9.17) is 25.7 Å². The van der Waals surface area contributed by atoms with Crippen molar-refractivity contribution >= 4 is 47.4 Å². The van der Waals surface area contributed by atoms with Crippen LogP contribution in [0.3, 0.4) is 0 Å². The zero-order valence-electron chi connectivity index (χ0n) is 29.8. The number of carbonyl (C=O) groups is 6. The number of carboxylic acid groups (broad SMARTS) is 1. The molecular formula is C37H37F3N4O11. The predicted molar refractivity (Wildman–Crippen MR) is 187 cm³/mol. The van der Waals surface area contributed by atoms with Crippen molar-refractivity contribution in [3.8, 4) is 11.5 Å². The lowest BCUT2D eigenvalue weighted by molar-refractivity contribution is -0.202. The number of guanidine groups is 1. The van der Waals surface area contributed by atoms with E-state index in [1.54, 1.807) is 32.9 Å². The Morgan fingerprint density at radius 1 is 0.982 bits per heavy atom. The summed E-state index contributed by atoms with van der Waals surface area (Å²) in [5, 5.41) is 12.4. The van der Waals surface area contributed by atoms with Crippen LogP contribution < -0.4 is 26.3 Å². The number of nitrogens with two attached hydrogens (primary N) is 2. The third-order valence-corrected chi connectivity index (χ3v) is 7.71. The quantitative estimate of drug-likeness (QED) is 0.0726. The molecule has 0 spiro atoms. The number of nitrogens with one attached hydrogen (secondary N) is 1. The Bertz CT molecular complexity index is 2040. The summed E-state index contributed by atoms with van der Waals surface area (Å²) in [5.74, 6) is -11.1. The lowest BCUT2D eigenvalue weighted by atomic mass is 9.90. The molecule has 0 aromatic heterocycles. The van der Waals surface area contributed by atoms with Gasteiger partial charge in [0.05, 0.1) is 41.8 Å². The highest BCUT2D eigenvalue weighted by Gasteiger charge is 2.43. The molecule has 0 radical (unpaired) electrons. The van der Waals surface area contributed by atoms with Crippen molar-refractivity contribution in [1.82, 2.24) is 5.32 Å².